The smallest absolute Gasteiger partial charge is 0.264 e. The molecule has 0 unspecified atom stereocenters. The van der Waals surface area contributed by atoms with Gasteiger partial charge in [-0.2, -0.15) is 0 Å². The van der Waals surface area contributed by atoms with Gasteiger partial charge in [-0.05, 0) is 61.5 Å². The molecule has 0 aliphatic rings. The zero-order valence-corrected chi connectivity index (χ0v) is 20.0. The zero-order chi connectivity index (χ0) is 23.4. The van der Waals surface area contributed by atoms with Crippen LogP contribution < -0.4 is 4.31 Å². The summed E-state index contributed by atoms with van der Waals surface area (Å²) in [4.78, 5) is 17.4. The van der Waals surface area contributed by atoms with Crippen molar-refractivity contribution in [3.63, 3.8) is 0 Å². The van der Waals surface area contributed by atoms with E-state index < -0.39 is 10.0 Å². The van der Waals surface area contributed by atoms with Crippen LogP contribution in [0.3, 0.4) is 0 Å². The minimum atomic E-state index is -3.83. The highest BCUT2D eigenvalue weighted by Crippen LogP contribution is 2.24. The van der Waals surface area contributed by atoms with E-state index in [2.05, 4.69) is 0 Å². The molecule has 0 aliphatic heterocycles. The number of carbonyl (C=O) groups excluding carboxylic acids is 1. The Morgan fingerprint density at radius 2 is 1.73 bits per heavy atom. The number of anilines is 1. The number of furan rings is 1. The minimum Gasteiger partial charge on any atom is -0.467 e. The molecule has 0 saturated heterocycles. The molecule has 0 spiro atoms. The van der Waals surface area contributed by atoms with E-state index in [1.165, 1.54) is 23.5 Å². The predicted octanol–water partition coefficient (Wildman–Crippen LogP) is 5.32. The maximum atomic E-state index is 13.5. The summed E-state index contributed by atoms with van der Waals surface area (Å²) >= 11 is 1.62. The molecule has 2 heterocycles. The van der Waals surface area contributed by atoms with Gasteiger partial charge in [0.25, 0.3) is 15.9 Å². The van der Waals surface area contributed by atoms with E-state index in [0.29, 0.717) is 23.6 Å². The largest absolute Gasteiger partial charge is 0.467 e. The highest BCUT2D eigenvalue weighted by Gasteiger charge is 2.24. The SMILES string of the molecule is Cc1ccc(CN(Cc2ccco2)C(=O)c2cccc(S(=O)(=O)N(C)c3ccccc3)c2)s1. The zero-order valence-electron chi connectivity index (χ0n) is 18.3. The second-order valence-electron chi connectivity index (χ2n) is 7.59. The monoisotopic (exact) mass is 480 g/mol. The highest BCUT2D eigenvalue weighted by atomic mass is 32.2. The van der Waals surface area contributed by atoms with Gasteiger partial charge in [0, 0.05) is 22.4 Å². The van der Waals surface area contributed by atoms with Crippen LogP contribution in [0.5, 0.6) is 0 Å². The molecular formula is C25H24N2O4S2. The van der Waals surface area contributed by atoms with E-state index >= 15 is 0 Å². The van der Waals surface area contributed by atoms with Crippen LogP contribution in [0, 0.1) is 6.92 Å². The molecule has 0 saturated carbocycles. The quantitative estimate of drug-likeness (QED) is 0.342. The Morgan fingerprint density at radius 3 is 2.39 bits per heavy atom. The molecule has 6 nitrogen and oxygen atoms in total. The molecule has 170 valence electrons. The summed E-state index contributed by atoms with van der Waals surface area (Å²) < 4.78 is 33.1. The standard InChI is InChI=1S/C25H24N2O4S2/c1-19-13-14-23(32-19)18-27(17-22-11-7-15-31-22)25(28)20-8-6-12-24(16-20)33(29,30)26(2)21-9-4-3-5-10-21/h3-16H,17-18H2,1-2H3. The Labute approximate surface area is 197 Å². The summed E-state index contributed by atoms with van der Waals surface area (Å²) in [6, 6.07) is 22.6. The van der Waals surface area contributed by atoms with Gasteiger partial charge >= 0.3 is 0 Å². The first-order chi connectivity index (χ1) is 15.8. The molecule has 1 amide bonds. The van der Waals surface area contributed by atoms with Crippen LogP contribution in [0.25, 0.3) is 0 Å². The van der Waals surface area contributed by atoms with E-state index in [1.54, 1.807) is 65.0 Å². The predicted molar refractivity (Wildman–Crippen MR) is 130 cm³/mol. The number of benzene rings is 2. The van der Waals surface area contributed by atoms with Crippen LogP contribution in [0.15, 0.2) is 94.4 Å². The fourth-order valence-electron chi connectivity index (χ4n) is 3.46. The highest BCUT2D eigenvalue weighted by molar-refractivity contribution is 7.92. The summed E-state index contributed by atoms with van der Waals surface area (Å²) in [5.41, 5.74) is 0.846. The van der Waals surface area contributed by atoms with Crippen molar-refractivity contribution in [2.24, 2.45) is 0 Å². The second-order valence-corrected chi connectivity index (χ2v) is 10.9. The van der Waals surface area contributed by atoms with Crippen LogP contribution in [-0.2, 0) is 23.1 Å². The Morgan fingerprint density at radius 1 is 0.939 bits per heavy atom. The summed E-state index contributed by atoms with van der Waals surface area (Å²) in [6.45, 7) is 2.70. The van der Waals surface area contributed by atoms with Crippen molar-refractivity contribution >= 4 is 33.0 Å². The van der Waals surface area contributed by atoms with Crippen molar-refractivity contribution in [1.82, 2.24) is 4.90 Å². The maximum absolute atomic E-state index is 13.5. The van der Waals surface area contributed by atoms with E-state index in [9.17, 15) is 13.2 Å². The molecule has 2 aromatic carbocycles. The van der Waals surface area contributed by atoms with E-state index in [0.717, 1.165) is 9.75 Å². The number of hydrogen-bond donors (Lipinski definition) is 0. The molecule has 4 rings (SSSR count). The maximum Gasteiger partial charge on any atom is 0.264 e. The van der Waals surface area contributed by atoms with Gasteiger partial charge in [-0.1, -0.05) is 24.3 Å². The summed E-state index contributed by atoms with van der Waals surface area (Å²) in [7, 11) is -2.33. The van der Waals surface area contributed by atoms with Gasteiger partial charge < -0.3 is 9.32 Å². The van der Waals surface area contributed by atoms with Gasteiger partial charge in [-0.15, -0.1) is 11.3 Å². The average Bonchev–Trinajstić information content (AvgIpc) is 3.50. The lowest BCUT2D eigenvalue weighted by molar-refractivity contribution is 0.0719. The Hall–Kier alpha value is -3.36. The minimum absolute atomic E-state index is 0.0598. The third kappa shape index (κ3) is 5.18. The van der Waals surface area contributed by atoms with Crippen LogP contribution in [0.4, 0.5) is 5.69 Å². The molecule has 4 aromatic rings. The van der Waals surface area contributed by atoms with Crippen molar-refractivity contribution < 1.29 is 17.6 Å². The summed E-state index contributed by atoms with van der Waals surface area (Å²) in [5.74, 6) is 0.390. The van der Waals surface area contributed by atoms with Gasteiger partial charge in [-0.25, -0.2) is 8.42 Å². The third-order valence-corrected chi connectivity index (χ3v) is 7.98. The first kappa shape index (κ1) is 22.8. The van der Waals surface area contributed by atoms with Gasteiger partial charge in [0.05, 0.1) is 29.9 Å². The average molecular weight is 481 g/mol. The molecule has 0 radical (unpaired) electrons. The fourth-order valence-corrected chi connectivity index (χ4v) is 5.60. The van der Waals surface area contributed by atoms with E-state index in [1.807, 2.05) is 31.2 Å². The lowest BCUT2D eigenvalue weighted by atomic mass is 10.2. The molecule has 8 heteroatoms. The van der Waals surface area contributed by atoms with Crippen molar-refractivity contribution in [3.8, 4) is 0 Å². The number of rotatable bonds is 8. The molecule has 0 fully saturated rings. The van der Waals surface area contributed by atoms with Crippen LogP contribution >= 0.6 is 11.3 Å². The van der Waals surface area contributed by atoms with Gasteiger partial charge in [0.15, 0.2) is 0 Å². The van der Waals surface area contributed by atoms with Gasteiger partial charge in [0.2, 0.25) is 0 Å². The molecular weight excluding hydrogens is 456 g/mol. The van der Waals surface area contributed by atoms with Gasteiger partial charge in [0.1, 0.15) is 5.76 Å². The Balaban J connectivity index is 1.63. The normalized spacial score (nSPS) is 11.3. The molecule has 2 aromatic heterocycles. The number of thiophene rings is 1. The molecule has 33 heavy (non-hydrogen) atoms. The lowest BCUT2D eigenvalue weighted by Gasteiger charge is -2.22. The first-order valence-corrected chi connectivity index (χ1v) is 12.6. The van der Waals surface area contributed by atoms with Gasteiger partial charge in [-0.3, -0.25) is 9.10 Å². The number of aryl methyl sites for hydroxylation is 1. The summed E-state index contributed by atoms with van der Waals surface area (Å²) in [6.07, 6.45) is 1.57. The number of para-hydroxylation sites is 1. The number of nitrogens with zero attached hydrogens (tertiary/aromatic N) is 2. The topological polar surface area (TPSA) is 70.8 Å². The van der Waals surface area contributed by atoms with Crippen molar-refractivity contribution in [2.75, 3.05) is 11.4 Å². The first-order valence-electron chi connectivity index (χ1n) is 10.4. The second kappa shape index (κ2) is 9.64. The Kier molecular flexibility index (Phi) is 6.67. The van der Waals surface area contributed by atoms with Crippen molar-refractivity contribution in [2.45, 2.75) is 24.9 Å². The lowest BCUT2D eigenvalue weighted by Crippen LogP contribution is -2.30. The van der Waals surface area contributed by atoms with Crippen LogP contribution in [0.2, 0.25) is 0 Å². The Bertz CT molecular complexity index is 1330. The van der Waals surface area contributed by atoms with Crippen molar-refractivity contribution in [3.05, 3.63) is 106 Å². The van der Waals surface area contributed by atoms with Crippen LogP contribution in [0.1, 0.15) is 25.9 Å². The third-order valence-electron chi connectivity index (χ3n) is 5.22. The van der Waals surface area contributed by atoms with Crippen LogP contribution in [-0.4, -0.2) is 26.3 Å². The molecule has 0 atom stereocenters. The van der Waals surface area contributed by atoms with E-state index in [-0.39, 0.29) is 17.3 Å². The number of sulfonamides is 1. The number of amides is 1. The van der Waals surface area contributed by atoms with E-state index in [4.69, 9.17) is 4.42 Å². The molecule has 0 N–H and O–H groups in total. The number of hydrogen-bond acceptors (Lipinski definition) is 5. The molecule has 0 aliphatic carbocycles. The molecule has 0 bridgehead atoms. The fraction of sp³-hybridized carbons (Fsp3) is 0.160. The van der Waals surface area contributed by atoms with Crippen molar-refractivity contribution in [1.29, 1.82) is 0 Å². The summed E-state index contributed by atoms with van der Waals surface area (Å²) in [5, 5.41) is 0. The number of carbonyl (C=O) groups is 1.